The summed E-state index contributed by atoms with van der Waals surface area (Å²) in [6, 6.07) is 15.9. The zero-order chi connectivity index (χ0) is 20.8. The zero-order valence-corrected chi connectivity index (χ0v) is 16.8. The minimum atomic E-state index is -0.488. The Labute approximate surface area is 171 Å². The molecule has 1 heterocycles. The number of non-ortho nitro benzene ring substituents is 1. The molecule has 150 valence electrons. The summed E-state index contributed by atoms with van der Waals surface area (Å²) in [4.78, 5) is 22.8. The summed E-state index contributed by atoms with van der Waals surface area (Å²) in [6.45, 7) is 4.33. The van der Waals surface area contributed by atoms with Crippen molar-refractivity contribution < 1.29 is 14.1 Å². The fourth-order valence-corrected chi connectivity index (χ4v) is 3.34. The molecule has 1 N–H and O–H groups in total. The Balaban J connectivity index is 1.57. The summed E-state index contributed by atoms with van der Waals surface area (Å²) in [5.74, 6) is 0.232. The van der Waals surface area contributed by atoms with Crippen molar-refractivity contribution in [1.82, 2.24) is 15.5 Å². The Hall–Kier alpha value is -3.20. The number of amides is 1. The van der Waals surface area contributed by atoms with Crippen LogP contribution in [0.1, 0.15) is 25.3 Å². The minimum absolute atomic E-state index is 0.0600. The molecule has 2 atom stereocenters. The SMILES string of the molecule is C[C@@H](Sc1nnc(-c2cccc([N+](=O)[O-])c2)o1)C(=O)NC[C@H](C)c1ccccc1. The number of carbonyl (C=O) groups excluding carboxylic acids is 1. The van der Waals surface area contributed by atoms with Gasteiger partial charge in [0.2, 0.25) is 11.8 Å². The number of thioether (sulfide) groups is 1. The molecule has 3 aromatic rings. The third-order valence-corrected chi connectivity index (χ3v) is 5.24. The molecule has 0 spiro atoms. The molecular formula is C20H20N4O4S. The lowest BCUT2D eigenvalue weighted by molar-refractivity contribution is -0.384. The van der Waals surface area contributed by atoms with Gasteiger partial charge in [-0.25, -0.2) is 0 Å². The van der Waals surface area contributed by atoms with E-state index >= 15 is 0 Å². The van der Waals surface area contributed by atoms with E-state index in [-0.39, 0.29) is 28.6 Å². The first-order valence-electron chi connectivity index (χ1n) is 9.01. The molecule has 9 heteroatoms. The maximum absolute atomic E-state index is 12.4. The zero-order valence-electron chi connectivity index (χ0n) is 15.9. The smallest absolute Gasteiger partial charge is 0.277 e. The highest BCUT2D eigenvalue weighted by Crippen LogP contribution is 2.28. The lowest BCUT2D eigenvalue weighted by Crippen LogP contribution is -2.33. The van der Waals surface area contributed by atoms with Gasteiger partial charge in [-0.2, -0.15) is 0 Å². The van der Waals surface area contributed by atoms with Gasteiger partial charge in [0, 0.05) is 24.2 Å². The van der Waals surface area contributed by atoms with E-state index in [4.69, 9.17) is 4.42 Å². The normalized spacial score (nSPS) is 12.9. The molecular weight excluding hydrogens is 392 g/mol. The molecule has 0 aliphatic carbocycles. The molecule has 1 amide bonds. The highest BCUT2D eigenvalue weighted by molar-refractivity contribution is 8.00. The summed E-state index contributed by atoms with van der Waals surface area (Å²) in [6.07, 6.45) is 0. The third kappa shape index (κ3) is 5.41. The van der Waals surface area contributed by atoms with Crippen LogP contribution in [0.15, 0.2) is 64.2 Å². The maximum Gasteiger partial charge on any atom is 0.277 e. The van der Waals surface area contributed by atoms with Gasteiger partial charge in [0.15, 0.2) is 0 Å². The van der Waals surface area contributed by atoms with E-state index in [0.29, 0.717) is 12.1 Å². The van der Waals surface area contributed by atoms with Crippen LogP contribution in [-0.2, 0) is 4.79 Å². The van der Waals surface area contributed by atoms with Crippen LogP contribution in [0.4, 0.5) is 5.69 Å². The summed E-state index contributed by atoms with van der Waals surface area (Å²) in [5, 5.41) is 21.5. The molecule has 8 nitrogen and oxygen atoms in total. The van der Waals surface area contributed by atoms with Crippen molar-refractivity contribution in [1.29, 1.82) is 0 Å². The lowest BCUT2D eigenvalue weighted by atomic mass is 10.0. The summed E-state index contributed by atoms with van der Waals surface area (Å²) in [7, 11) is 0. The summed E-state index contributed by atoms with van der Waals surface area (Å²) < 4.78 is 5.56. The van der Waals surface area contributed by atoms with Gasteiger partial charge >= 0.3 is 0 Å². The number of rotatable bonds is 8. The molecule has 0 aliphatic heterocycles. The van der Waals surface area contributed by atoms with Crippen LogP contribution in [0, 0.1) is 10.1 Å². The number of benzene rings is 2. The van der Waals surface area contributed by atoms with Crippen molar-refractivity contribution in [2.24, 2.45) is 0 Å². The topological polar surface area (TPSA) is 111 Å². The van der Waals surface area contributed by atoms with Crippen LogP contribution >= 0.6 is 11.8 Å². The fourth-order valence-electron chi connectivity index (χ4n) is 2.63. The third-order valence-electron chi connectivity index (χ3n) is 4.31. The second-order valence-corrected chi connectivity index (χ2v) is 7.79. The number of nitrogens with one attached hydrogen (secondary N) is 1. The van der Waals surface area contributed by atoms with Crippen LogP contribution in [0.5, 0.6) is 0 Å². The summed E-state index contributed by atoms with van der Waals surface area (Å²) in [5.41, 5.74) is 1.55. The quantitative estimate of drug-likeness (QED) is 0.337. The molecule has 1 aromatic heterocycles. The first-order valence-corrected chi connectivity index (χ1v) is 9.89. The monoisotopic (exact) mass is 412 g/mol. The Morgan fingerprint density at radius 2 is 1.93 bits per heavy atom. The van der Waals surface area contributed by atoms with E-state index in [1.165, 1.54) is 12.1 Å². The number of aromatic nitrogens is 2. The van der Waals surface area contributed by atoms with Crippen LogP contribution in [-0.4, -0.2) is 32.8 Å². The fraction of sp³-hybridized carbons (Fsp3) is 0.250. The first-order chi connectivity index (χ1) is 13.9. The van der Waals surface area contributed by atoms with E-state index in [2.05, 4.69) is 22.4 Å². The molecule has 0 bridgehead atoms. The van der Waals surface area contributed by atoms with Crippen LogP contribution < -0.4 is 5.32 Å². The van der Waals surface area contributed by atoms with E-state index < -0.39 is 10.2 Å². The Kier molecular flexibility index (Phi) is 6.61. The Bertz CT molecular complexity index is 993. The van der Waals surface area contributed by atoms with Gasteiger partial charge in [0.1, 0.15) is 0 Å². The van der Waals surface area contributed by atoms with Gasteiger partial charge in [0.05, 0.1) is 10.2 Å². The number of nitrogens with zero attached hydrogens (tertiary/aromatic N) is 3. The first kappa shape index (κ1) is 20.5. The largest absolute Gasteiger partial charge is 0.411 e. The Morgan fingerprint density at radius 1 is 1.17 bits per heavy atom. The van der Waals surface area contributed by atoms with Gasteiger partial charge in [-0.15, -0.1) is 10.2 Å². The van der Waals surface area contributed by atoms with Crippen molar-refractivity contribution in [3.63, 3.8) is 0 Å². The molecule has 2 aromatic carbocycles. The Morgan fingerprint density at radius 3 is 2.66 bits per heavy atom. The second kappa shape index (κ2) is 9.33. The molecule has 0 saturated carbocycles. The number of nitro groups is 1. The lowest BCUT2D eigenvalue weighted by Gasteiger charge is -2.15. The minimum Gasteiger partial charge on any atom is -0.411 e. The molecule has 0 aliphatic rings. The van der Waals surface area contributed by atoms with E-state index in [1.807, 2.05) is 30.3 Å². The number of hydrogen-bond acceptors (Lipinski definition) is 7. The molecule has 0 unspecified atom stereocenters. The van der Waals surface area contributed by atoms with Gasteiger partial charge in [-0.1, -0.05) is 55.1 Å². The summed E-state index contributed by atoms with van der Waals surface area (Å²) >= 11 is 1.14. The standard InChI is InChI=1S/C20H20N4O4S/c1-13(15-7-4-3-5-8-15)12-21-18(25)14(2)29-20-23-22-19(28-20)16-9-6-10-17(11-16)24(26)27/h3-11,13-14H,12H2,1-2H3,(H,21,25)/t13-,14+/m0/s1. The average molecular weight is 412 g/mol. The predicted molar refractivity (Wildman–Crippen MR) is 110 cm³/mol. The molecule has 0 fully saturated rings. The highest BCUT2D eigenvalue weighted by Gasteiger charge is 2.20. The predicted octanol–water partition coefficient (Wildman–Crippen LogP) is 4.05. The number of carbonyl (C=O) groups is 1. The van der Waals surface area contributed by atoms with Gasteiger partial charge in [0.25, 0.3) is 10.9 Å². The molecule has 0 radical (unpaired) electrons. The van der Waals surface area contributed by atoms with Crippen molar-refractivity contribution in [2.45, 2.75) is 30.2 Å². The van der Waals surface area contributed by atoms with Gasteiger partial charge in [-0.3, -0.25) is 14.9 Å². The van der Waals surface area contributed by atoms with Gasteiger partial charge in [-0.05, 0) is 24.5 Å². The maximum atomic E-state index is 12.4. The van der Waals surface area contributed by atoms with E-state index in [0.717, 1.165) is 17.3 Å². The average Bonchev–Trinajstić information content (AvgIpc) is 3.21. The molecule has 0 saturated heterocycles. The van der Waals surface area contributed by atoms with Crippen molar-refractivity contribution in [3.8, 4) is 11.5 Å². The second-order valence-electron chi connectivity index (χ2n) is 6.50. The number of hydrogen-bond donors (Lipinski definition) is 1. The van der Waals surface area contributed by atoms with Crippen LogP contribution in [0.3, 0.4) is 0 Å². The van der Waals surface area contributed by atoms with Gasteiger partial charge < -0.3 is 9.73 Å². The van der Waals surface area contributed by atoms with Crippen molar-refractivity contribution in [2.75, 3.05) is 6.54 Å². The highest BCUT2D eigenvalue weighted by atomic mass is 32.2. The van der Waals surface area contributed by atoms with E-state index in [1.54, 1.807) is 19.1 Å². The molecule has 3 rings (SSSR count). The van der Waals surface area contributed by atoms with Crippen LogP contribution in [0.25, 0.3) is 11.5 Å². The van der Waals surface area contributed by atoms with Crippen molar-refractivity contribution in [3.05, 3.63) is 70.3 Å². The van der Waals surface area contributed by atoms with Crippen molar-refractivity contribution >= 4 is 23.4 Å². The molecule has 29 heavy (non-hydrogen) atoms. The number of nitro benzene ring substituents is 1. The van der Waals surface area contributed by atoms with Crippen LogP contribution in [0.2, 0.25) is 0 Å². The van der Waals surface area contributed by atoms with E-state index in [9.17, 15) is 14.9 Å².